The van der Waals surface area contributed by atoms with E-state index in [0.717, 1.165) is 16.8 Å². The number of nitrogens with zero attached hydrogens (tertiary/aromatic N) is 4. The van der Waals surface area contributed by atoms with Gasteiger partial charge in [0.25, 0.3) is 5.56 Å². The summed E-state index contributed by atoms with van der Waals surface area (Å²) in [5.41, 5.74) is 1.30. The van der Waals surface area contributed by atoms with Crippen molar-refractivity contribution in [1.82, 2.24) is 18.7 Å². The van der Waals surface area contributed by atoms with Gasteiger partial charge in [0, 0.05) is 20.0 Å². The molecule has 3 aromatic rings. The van der Waals surface area contributed by atoms with Crippen LogP contribution < -0.4 is 11.2 Å². The highest BCUT2D eigenvalue weighted by Crippen LogP contribution is 2.54. The minimum Gasteiger partial charge on any atom is -0.325 e. The number of imidazole rings is 1. The molecule has 0 unspecified atom stereocenters. The van der Waals surface area contributed by atoms with Gasteiger partial charge in [0.1, 0.15) is 5.82 Å². The third kappa shape index (κ3) is 2.23. The van der Waals surface area contributed by atoms with Crippen LogP contribution in [0.25, 0.3) is 11.2 Å². The molecule has 0 aliphatic heterocycles. The van der Waals surface area contributed by atoms with E-state index in [1.807, 2.05) is 29.8 Å². The molecule has 0 saturated heterocycles. The fourth-order valence-electron chi connectivity index (χ4n) is 3.57. The molecule has 1 aromatic carbocycles. The van der Waals surface area contributed by atoms with Crippen LogP contribution in [-0.2, 0) is 20.6 Å². The van der Waals surface area contributed by atoms with Crippen LogP contribution in [0.5, 0.6) is 0 Å². The molecule has 4 rings (SSSR count). The molecule has 2 aromatic heterocycles. The third-order valence-corrected chi connectivity index (χ3v) is 4.99. The maximum atomic E-state index is 12.7. The molecule has 1 aliphatic carbocycles. The average molecular weight is 334 g/mol. The Bertz CT molecular complexity index is 1130. The molecular formula is C19H18N4O2. The van der Waals surface area contributed by atoms with Crippen LogP contribution in [0.4, 0.5) is 0 Å². The fraction of sp³-hybridized carbons (Fsp3) is 0.316. The quantitative estimate of drug-likeness (QED) is 0.679. The van der Waals surface area contributed by atoms with Crippen LogP contribution in [0.1, 0.15) is 29.6 Å². The largest absolute Gasteiger partial charge is 0.333 e. The van der Waals surface area contributed by atoms with E-state index in [1.165, 1.54) is 10.1 Å². The first kappa shape index (κ1) is 15.5. The summed E-state index contributed by atoms with van der Waals surface area (Å²) in [6, 6.07) is 10.3. The van der Waals surface area contributed by atoms with Crippen molar-refractivity contribution < 1.29 is 0 Å². The van der Waals surface area contributed by atoms with Crippen molar-refractivity contribution >= 4 is 11.2 Å². The highest BCUT2D eigenvalue weighted by Gasteiger charge is 2.43. The fourth-order valence-corrected chi connectivity index (χ4v) is 3.57. The van der Waals surface area contributed by atoms with Crippen molar-refractivity contribution in [3.8, 4) is 12.3 Å². The minimum absolute atomic E-state index is 0.0436. The molecule has 1 aliphatic rings. The summed E-state index contributed by atoms with van der Waals surface area (Å²) < 4.78 is 4.30. The maximum absolute atomic E-state index is 12.7. The molecule has 0 N–H and O–H groups in total. The Balaban J connectivity index is 1.86. The van der Waals surface area contributed by atoms with Crippen molar-refractivity contribution in [3.63, 3.8) is 0 Å². The van der Waals surface area contributed by atoms with Crippen LogP contribution in [-0.4, -0.2) is 18.7 Å². The molecule has 6 nitrogen and oxygen atoms in total. The SMILES string of the molecule is C#CCn1c(=O)c2c(nc([C@@H]3C[C@H]3c3ccccc3)n2C)n(C)c1=O. The predicted octanol–water partition coefficient (Wildman–Crippen LogP) is 1.34. The predicted molar refractivity (Wildman–Crippen MR) is 95.6 cm³/mol. The van der Waals surface area contributed by atoms with E-state index in [9.17, 15) is 9.59 Å². The molecule has 0 bridgehead atoms. The number of benzene rings is 1. The number of hydrogen-bond acceptors (Lipinski definition) is 3. The highest BCUT2D eigenvalue weighted by atomic mass is 16.2. The zero-order chi connectivity index (χ0) is 17.7. The average Bonchev–Trinajstić information content (AvgIpc) is 3.34. The molecule has 1 fully saturated rings. The maximum Gasteiger partial charge on any atom is 0.333 e. The number of aromatic nitrogens is 4. The van der Waals surface area contributed by atoms with E-state index < -0.39 is 5.69 Å². The van der Waals surface area contributed by atoms with Gasteiger partial charge in [0.05, 0.1) is 6.54 Å². The van der Waals surface area contributed by atoms with E-state index in [1.54, 1.807) is 7.05 Å². The van der Waals surface area contributed by atoms with Crippen molar-refractivity contribution in [2.75, 3.05) is 0 Å². The van der Waals surface area contributed by atoms with Gasteiger partial charge < -0.3 is 4.57 Å². The Kier molecular flexibility index (Phi) is 3.39. The Morgan fingerprint density at radius 3 is 2.56 bits per heavy atom. The van der Waals surface area contributed by atoms with Crippen LogP contribution in [0.15, 0.2) is 39.9 Å². The summed E-state index contributed by atoms with van der Waals surface area (Å²) in [6.07, 6.45) is 6.29. The second-order valence-corrected chi connectivity index (χ2v) is 6.50. The van der Waals surface area contributed by atoms with E-state index >= 15 is 0 Å². The Morgan fingerprint density at radius 2 is 1.88 bits per heavy atom. The van der Waals surface area contributed by atoms with Crippen LogP contribution in [0, 0.1) is 12.3 Å². The zero-order valence-electron chi connectivity index (χ0n) is 14.1. The molecule has 6 heteroatoms. The summed E-state index contributed by atoms with van der Waals surface area (Å²) in [5, 5.41) is 0. The summed E-state index contributed by atoms with van der Waals surface area (Å²) in [4.78, 5) is 29.7. The van der Waals surface area contributed by atoms with E-state index in [0.29, 0.717) is 17.1 Å². The molecule has 0 amide bonds. The van der Waals surface area contributed by atoms with Crippen LogP contribution in [0.3, 0.4) is 0 Å². The van der Waals surface area contributed by atoms with Gasteiger partial charge in [0.15, 0.2) is 11.2 Å². The Hall–Kier alpha value is -3.07. The minimum atomic E-state index is -0.435. The van der Waals surface area contributed by atoms with Gasteiger partial charge in [-0.2, -0.15) is 0 Å². The normalized spacial score (nSPS) is 19.1. The van der Waals surface area contributed by atoms with Crippen molar-refractivity contribution in [2.45, 2.75) is 24.8 Å². The summed E-state index contributed by atoms with van der Waals surface area (Å²) in [6.45, 7) is -0.0436. The van der Waals surface area contributed by atoms with Crippen molar-refractivity contribution in [3.05, 3.63) is 62.6 Å². The highest BCUT2D eigenvalue weighted by molar-refractivity contribution is 5.71. The Morgan fingerprint density at radius 1 is 1.16 bits per heavy atom. The van der Waals surface area contributed by atoms with Gasteiger partial charge in [-0.15, -0.1) is 6.42 Å². The molecule has 25 heavy (non-hydrogen) atoms. The molecule has 0 radical (unpaired) electrons. The number of aryl methyl sites for hydroxylation is 2. The molecule has 2 heterocycles. The van der Waals surface area contributed by atoms with Gasteiger partial charge in [0.2, 0.25) is 0 Å². The van der Waals surface area contributed by atoms with Crippen LogP contribution >= 0.6 is 0 Å². The lowest BCUT2D eigenvalue weighted by molar-refractivity contribution is 0.674. The van der Waals surface area contributed by atoms with Crippen LogP contribution in [0.2, 0.25) is 0 Å². The van der Waals surface area contributed by atoms with Gasteiger partial charge in [-0.05, 0) is 17.9 Å². The number of fused-ring (bicyclic) bond motifs is 1. The lowest BCUT2D eigenvalue weighted by Gasteiger charge is -2.05. The van der Waals surface area contributed by atoms with Crippen molar-refractivity contribution in [1.29, 1.82) is 0 Å². The summed E-state index contributed by atoms with van der Waals surface area (Å²) in [5.74, 6) is 3.87. The number of rotatable bonds is 3. The second kappa shape index (κ2) is 5.49. The Labute approximate surface area is 144 Å². The number of terminal acetylenes is 1. The summed E-state index contributed by atoms with van der Waals surface area (Å²) in [7, 11) is 3.45. The van der Waals surface area contributed by atoms with Gasteiger partial charge in [-0.1, -0.05) is 36.3 Å². The van der Waals surface area contributed by atoms with Crippen molar-refractivity contribution in [2.24, 2.45) is 14.1 Å². The monoisotopic (exact) mass is 334 g/mol. The lowest BCUT2D eigenvalue weighted by Crippen LogP contribution is -2.39. The van der Waals surface area contributed by atoms with E-state index in [2.05, 4.69) is 23.0 Å². The first-order valence-electron chi connectivity index (χ1n) is 8.19. The van der Waals surface area contributed by atoms with E-state index in [4.69, 9.17) is 6.42 Å². The summed E-state index contributed by atoms with van der Waals surface area (Å²) >= 11 is 0. The standard InChI is InChI=1S/C19H18N4O2/c1-4-10-23-18(24)15-17(22(3)19(23)25)20-16(21(15)2)14-11-13(14)12-8-6-5-7-9-12/h1,5-9,13-14H,10-11H2,2-3H3/t13-,14+/m0/s1. The molecule has 2 atom stereocenters. The topological polar surface area (TPSA) is 61.8 Å². The molecule has 126 valence electrons. The second-order valence-electron chi connectivity index (χ2n) is 6.50. The first-order valence-corrected chi connectivity index (χ1v) is 8.19. The number of hydrogen-bond donors (Lipinski definition) is 0. The lowest BCUT2D eigenvalue weighted by atomic mass is 10.1. The van der Waals surface area contributed by atoms with Gasteiger partial charge in [-0.3, -0.25) is 9.36 Å². The van der Waals surface area contributed by atoms with Gasteiger partial charge >= 0.3 is 5.69 Å². The third-order valence-electron chi connectivity index (χ3n) is 4.99. The first-order chi connectivity index (χ1) is 12.0. The van der Waals surface area contributed by atoms with E-state index in [-0.39, 0.29) is 18.0 Å². The molecule has 0 spiro atoms. The molecular weight excluding hydrogens is 316 g/mol. The smallest absolute Gasteiger partial charge is 0.325 e. The zero-order valence-corrected chi connectivity index (χ0v) is 14.1. The van der Waals surface area contributed by atoms with Gasteiger partial charge in [-0.25, -0.2) is 14.3 Å². The molecule has 1 saturated carbocycles.